The van der Waals surface area contributed by atoms with Crippen LogP contribution in [0.25, 0.3) is 11.5 Å². The van der Waals surface area contributed by atoms with Crippen molar-refractivity contribution < 1.29 is 23.6 Å². The van der Waals surface area contributed by atoms with E-state index in [1.165, 1.54) is 11.3 Å². The van der Waals surface area contributed by atoms with Crippen molar-refractivity contribution in [1.29, 1.82) is 0 Å². The molecular weight excluding hydrogens is 494 g/mol. The van der Waals surface area contributed by atoms with Crippen molar-refractivity contribution >= 4 is 28.3 Å². The molecule has 1 N–H and O–H groups in total. The zero-order valence-electron chi connectivity index (χ0n) is 20.6. The van der Waals surface area contributed by atoms with Crippen molar-refractivity contribution in [2.24, 2.45) is 5.92 Å². The molecule has 1 aliphatic heterocycles. The highest BCUT2D eigenvalue weighted by molar-refractivity contribution is 7.15. The van der Waals surface area contributed by atoms with Crippen molar-refractivity contribution in [3.05, 3.63) is 64.9 Å². The Bertz CT molecular complexity index is 1430. The number of aromatic nitrogens is 3. The Labute approximate surface area is 217 Å². The molecule has 2 aromatic heterocycles. The van der Waals surface area contributed by atoms with Gasteiger partial charge in [0.2, 0.25) is 5.91 Å². The van der Waals surface area contributed by atoms with Gasteiger partial charge < -0.3 is 18.9 Å². The molecule has 0 spiro atoms. The third kappa shape index (κ3) is 5.78. The minimum absolute atomic E-state index is 0.0565. The van der Waals surface area contributed by atoms with E-state index >= 15 is 0 Å². The maximum atomic E-state index is 13.0. The Morgan fingerprint density at radius 2 is 1.95 bits per heavy atom. The van der Waals surface area contributed by atoms with Gasteiger partial charge in [-0.2, -0.15) is 4.98 Å². The van der Waals surface area contributed by atoms with Crippen LogP contribution in [0.1, 0.15) is 27.5 Å². The Balaban J connectivity index is 1.36. The number of aryl methyl sites for hydroxylation is 2. The zero-order chi connectivity index (χ0) is 25.9. The standard InChI is InChI=1S/C26H25N5O5S/c1-15-13-27-26(37-15)29-23(32)19-10-21(34-14-18-8-9-31(3)25(18)33)12-22(11-19)35-20-6-4-17(5-7-20)24-28-16(2)30-36-24/h4-7,10-13,18H,8-9,14H2,1-3H3,(H,27,29,32). The van der Waals surface area contributed by atoms with Gasteiger partial charge in [-0.05, 0) is 56.7 Å². The van der Waals surface area contributed by atoms with E-state index in [0.29, 0.717) is 46.2 Å². The molecule has 2 aromatic carbocycles. The molecule has 37 heavy (non-hydrogen) atoms. The molecule has 1 aliphatic rings. The van der Waals surface area contributed by atoms with Gasteiger partial charge in [0.05, 0.1) is 12.5 Å². The summed E-state index contributed by atoms with van der Waals surface area (Å²) in [6.07, 6.45) is 2.43. The Morgan fingerprint density at radius 3 is 2.59 bits per heavy atom. The normalized spacial score (nSPS) is 15.2. The van der Waals surface area contributed by atoms with E-state index in [9.17, 15) is 9.59 Å². The second-order valence-electron chi connectivity index (χ2n) is 8.75. The number of benzene rings is 2. The summed E-state index contributed by atoms with van der Waals surface area (Å²) in [7, 11) is 1.78. The summed E-state index contributed by atoms with van der Waals surface area (Å²) in [5.74, 6) is 1.86. The predicted molar refractivity (Wildman–Crippen MR) is 137 cm³/mol. The average Bonchev–Trinajstić information content (AvgIpc) is 3.59. The van der Waals surface area contributed by atoms with E-state index in [-0.39, 0.29) is 24.3 Å². The number of nitrogens with one attached hydrogen (secondary N) is 1. The van der Waals surface area contributed by atoms with Crippen LogP contribution in [0.2, 0.25) is 0 Å². The minimum Gasteiger partial charge on any atom is -0.493 e. The summed E-state index contributed by atoms with van der Waals surface area (Å²) in [5, 5.41) is 7.12. The highest BCUT2D eigenvalue weighted by Gasteiger charge is 2.29. The van der Waals surface area contributed by atoms with Crippen LogP contribution in [-0.4, -0.2) is 52.0 Å². The molecule has 11 heteroatoms. The molecular formula is C26H25N5O5S. The summed E-state index contributed by atoms with van der Waals surface area (Å²) in [6, 6.07) is 12.1. The van der Waals surface area contributed by atoms with E-state index in [1.54, 1.807) is 55.4 Å². The lowest BCUT2D eigenvalue weighted by atomic mass is 10.1. The third-order valence-electron chi connectivity index (χ3n) is 5.84. The van der Waals surface area contributed by atoms with Crippen LogP contribution in [0.5, 0.6) is 17.2 Å². The number of carbonyl (C=O) groups is 2. The Kier molecular flexibility index (Phi) is 6.87. The monoisotopic (exact) mass is 519 g/mol. The van der Waals surface area contributed by atoms with Crippen molar-refractivity contribution in [3.8, 4) is 28.7 Å². The lowest BCUT2D eigenvalue weighted by molar-refractivity contribution is -0.130. The summed E-state index contributed by atoms with van der Waals surface area (Å²) in [5.41, 5.74) is 1.10. The first-order valence-electron chi connectivity index (χ1n) is 11.7. The molecule has 4 aromatic rings. The fraction of sp³-hybridized carbons (Fsp3) is 0.269. The second kappa shape index (κ2) is 10.4. The highest BCUT2D eigenvalue weighted by Crippen LogP contribution is 2.30. The number of ether oxygens (including phenoxy) is 2. The smallest absolute Gasteiger partial charge is 0.257 e. The first-order chi connectivity index (χ1) is 17.8. The molecule has 190 valence electrons. The predicted octanol–water partition coefficient (Wildman–Crippen LogP) is 4.71. The molecule has 3 heterocycles. The number of amides is 2. The zero-order valence-corrected chi connectivity index (χ0v) is 21.4. The van der Waals surface area contributed by atoms with Crippen LogP contribution < -0.4 is 14.8 Å². The number of likely N-dealkylation sites (tertiary alicyclic amines) is 1. The van der Waals surface area contributed by atoms with Gasteiger partial charge in [0.1, 0.15) is 17.2 Å². The van der Waals surface area contributed by atoms with Crippen molar-refractivity contribution in [3.63, 3.8) is 0 Å². The average molecular weight is 520 g/mol. The maximum Gasteiger partial charge on any atom is 0.257 e. The van der Waals surface area contributed by atoms with Crippen molar-refractivity contribution in [1.82, 2.24) is 20.0 Å². The summed E-state index contributed by atoms with van der Waals surface area (Å²) in [6.45, 7) is 4.60. The molecule has 1 saturated heterocycles. The lowest BCUT2D eigenvalue weighted by Crippen LogP contribution is -2.25. The Hall–Kier alpha value is -4.25. The molecule has 5 rings (SSSR count). The molecule has 1 unspecified atom stereocenters. The SMILES string of the molecule is Cc1noc(-c2ccc(Oc3cc(OCC4CCN(C)C4=O)cc(C(=O)Nc4ncc(C)s4)c3)cc2)n1. The van der Waals surface area contributed by atoms with Crippen molar-refractivity contribution in [2.75, 3.05) is 25.5 Å². The van der Waals surface area contributed by atoms with Crippen LogP contribution in [-0.2, 0) is 4.79 Å². The second-order valence-corrected chi connectivity index (χ2v) is 9.99. The quantitative estimate of drug-likeness (QED) is 0.355. The fourth-order valence-electron chi connectivity index (χ4n) is 3.89. The number of hydrogen-bond donors (Lipinski definition) is 1. The molecule has 2 amide bonds. The van der Waals surface area contributed by atoms with Crippen LogP contribution in [0, 0.1) is 19.8 Å². The fourth-order valence-corrected chi connectivity index (χ4v) is 4.55. The van der Waals surface area contributed by atoms with Gasteiger partial charge in [-0.1, -0.05) is 5.16 Å². The molecule has 0 bridgehead atoms. The summed E-state index contributed by atoms with van der Waals surface area (Å²) >= 11 is 1.39. The molecule has 10 nitrogen and oxygen atoms in total. The number of rotatable bonds is 8. The van der Waals surface area contributed by atoms with Crippen molar-refractivity contribution in [2.45, 2.75) is 20.3 Å². The first-order valence-corrected chi connectivity index (χ1v) is 12.5. The molecule has 0 radical (unpaired) electrons. The number of thiazole rings is 1. The van der Waals surface area contributed by atoms with E-state index in [0.717, 1.165) is 16.9 Å². The first kappa shape index (κ1) is 24.4. The minimum atomic E-state index is -0.344. The van der Waals surface area contributed by atoms with E-state index in [1.807, 2.05) is 19.1 Å². The third-order valence-corrected chi connectivity index (χ3v) is 6.67. The largest absolute Gasteiger partial charge is 0.493 e. The highest BCUT2D eigenvalue weighted by atomic mass is 32.1. The molecule has 0 aliphatic carbocycles. The summed E-state index contributed by atoms with van der Waals surface area (Å²) < 4.78 is 17.2. The van der Waals surface area contributed by atoms with Gasteiger partial charge in [0.25, 0.3) is 11.8 Å². The number of carbonyl (C=O) groups excluding carboxylic acids is 2. The summed E-state index contributed by atoms with van der Waals surface area (Å²) in [4.78, 5) is 36.4. The maximum absolute atomic E-state index is 13.0. The van der Waals surface area contributed by atoms with Crippen LogP contribution in [0.4, 0.5) is 5.13 Å². The van der Waals surface area contributed by atoms with Gasteiger partial charge >= 0.3 is 0 Å². The molecule has 1 atom stereocenters. The lowest BCUT2D eigenvalue weighted by Gasteiger charge is -2.14. The van der Waals surface area contributed by atoms with Crippen LogP contribution >= 0.6 is 11.3 Å². The molecule has 1 fully saturated rings. The van der Waals surface area contributed by atoms with E-state index < -0.39 is 0 Å². The van der Waals surface area contributed by atoms with Gasteiger partial charge in [-0.15, -0.1) is 11.3 Å². The molecule has 0 saturated carbocycles. The topological polar surface area (TPSA) is 120 Å². The Morgan fingerprint density at radius 1 is 1.16 bits per heavy atom. The van der Waals surface area contributed by atoms with E-state index in [4.69, 9.17) is 14.0 Å². The van der Waals surface area contributed by atoms with Gasteiger partial charge in [-0.25, -0.2) is 4.98 Å². The van der Waals surface area contributed by atoms with Crippen LogP contribution in [0.15, 0.2) is 53.2 Å². The van der Waals surface area contributed by atoms with E-state index in [2.05, 4.69) is 20.4 Å². The number of anilines is 1. The van der Waals surface area contributed by atoms with Gasteiger partial charge in [-0.3, -0.25) is 14.9 Å². The number of nitrogens with zero attached hydrogens (tertiary/aromatic N) is 4. The van der Waals surface area contributed by atoms with Gasteiger partial charge in [0, 0.05) is 41.9 Å². The van der Waals surface area contributed by atoms with Gasteiger partial charge in [0.15, 0.2) is 11.0 Å². The van der Waals surface area contributed by atoms with Crippen LogP contribution in [0.3, 0.4) is 0 Å². The number of hydrogen-bond acceptors (Lipinski definition) is 9.